The minimum atomic E-state index is -0.00490. The van der Waals surface area contributed by atoms with E-state index in [0.717, 1.165) is 17.5 Å². The Labute approximate surface area is 158 Å². The molecule has 0 fully saturated rings. The molecule has 1 heterocycles. The third-order valence-electron chi connectivity index (χ3n) is 4.21. The van der Waals surface area contributed by atoms with Gasteiger partial charge in [0, 0.05) is 23.6 Å². The maximum Gasteiger partial charge on any atom is 0.223 e. The van der Waals surface area contributed by atoms with E-state index in [1.165, 1.54) is 5.56 Å². The minimum Gasteiger partial charge on any atom is -0.384 e. The first-order valence-electron chi connectivity index (χ1n) is 8.42. The third-order valence-corrected chi connectivity index (χ3v) is 4.45. The quantitative estimate of drug-likeness (QED) is 0.708. The van der Waals surface area contributed by atoms with Crippen LogP contribution in [0.4, 0.5) is 5.95 Å². The predicted molar refractivity (Wildman–Crippen MR) is 104 cm³/mol. The number of methoxy groups -OCH3 is 1. The Kier molecular flexibility index (Phi) is 5.81. The number of ether oxygens (including phenoxy) is 1. The van der Waals surface area contributed by atoms with Gasteiger partial charge < -0.3 is 10.5 Å². The molecule has 0 amide bonds. The van der Waals surface area contributed by atoms with Gasteiger partial charge in [-0.3, -0.25) is 0 Å². The molecule has 6 heteroatoms. The van der Waals surface area contributed by atoms with Crippen LogP contribution in [0.5, 0.6) is 0 Å². The molecule has 2 N–H and O–H groups in total. The average molecular weight is 369 g/mol. The first-order valence-corrected chi connectivity index (χ1v) is 8.80. The highest BCUT2D eigenvalue weighted by molar-refractivity contribution is 6.30. The Bertz CT molecular complexity index is 883. The van der Waals surface area contributed by atoms with Crippen LogP contribution >= 0.6 is 11.6 Å². The van der Waals surface area contributed by atoms with Crippen molar-refractivity contribution in [3.63, 3.8) is 0 Å². The van der Waals surface area contributed by atoms with E-state index in [4.69, 9.17) is 22.1 Å². The normalized spacial score (nSPS) is 12.1. The van der Waals surface area contributed by atoms with Crippen LogP contribution in [0.3, 0.4) is 0 Å². The summed E-state index contributed by atoms with van der Waals surface area (Å²) in [6.07, 6.45) is 0.892. The highest BCUT2D eigenvalue weighted by Crippen LogP contribution is 2.25. The molecule has 26 heavy (non-hydrogen) atoms. The lowest BCUT2D eigenvalue weighted by Gasteiger charge is -2.13. The second-order valence-corrected chi connectivity index (χ2v) is 6.53. The molecule has 0 aliphatic rings. The number of rotatable bonds is 6. The third kappa shape index (κ3) is 4.36. The number of nitrogens with two attached hydrogens (primary N) is 1. The molecule has 0 radical (unpaired) electrons. The molecule has 0 saturated carbocycles. The predicted octanol–water partition coefficient (Wildman–Crippen LogP) is 4.11. The van der Waals surface area contributed by atoms with Crippen LogP contribution in [-0.2, 0) is 11.2 Å². The van der Waals surface area contributed by atoms with E-state index in [1.54, 1.807) is 7.11 Å². The Morgan fingerprint density at radius 2 is 1.85 bits per heavy atom. The van der Waals surface area contributed by atoms with Gasteiger partial charge in [0.05, 0.1) is 6.61 Å². The molecule has 0 bridgehead atoms. The zero-order valence-corrected chi connectivity index (χ0v) is 15.6. The van der Waals surface area contributed by atoms with Crippen LogP contribution in [0.2, 0.25) is 5.02 Å². The Morgan fingerprint density at radius 1 is 1.08 bits per heavy atom. The molecule has 1 atom stereocenters. The summed E-state index contributed by atoms with van der Waals surface area (Å²) in [5, 5.41) is 0.628. The highest BCUT2D eigenvalue weighted by Gasteiger charge is 2.15. The number of aromatic nitrogens is 3. The fourth-order valence-electron chi connectivity index (χ4n) is 2.70. The lowest BCUT2D eigenvalue weighted by atomic mass is 9.98. The van der Waals surface area contributed by atoms with E-state index in [-0.39, 0.29) is 11.9 Å². The highest BCUT2D eigenvalue weighted by atomic mass is 35.5. The van der Waals surface area contributed by atoms with E-state index in [2.05, 4.69) is 46.1 Å². The number of halogens is 1. The molecule has 134 valence electrons. The van der Waals surface area contributed by atoms with Crippen molar-refractivity contribution in [2.75, 3.05) is 19.5 Å². The van der Waals surface area contributed by atoms with Crippen molar-refractivity contribution in [1.29, 1.82) is 0 Å². The average Bonchev–Trinajstić information content (AvgIpc) is 2.65. The lowest BCUT2D eigenvalue weighted by Crippen LogP contribution is -2.09. The van der Waals surface area contributed by atoms with Gasteiger partial charge in [-0.05, 0) is 29.7 Å². The summed E-state index contributed by atoms with van der Waals surface area (Å²) >= 11 is 6.07. The van der Waals surface area contributed by atoms with Crippen LogP contribution in [0.1, 0.15) is 29.8 Å². The van der Waals surface area contributed by atoms with Crippen LogP contribution < -0.4 is 5.73 Å². The lowest BCUT2D eigenvalue weighted by molar-refractivity contribution is 0.202. The largest absolute Gasteiger partial charge is 0.384 e. The van der Waals surface area contributed by atoms with Crippen molar-refractivity contribution in [2.45, 2.75) is 19.3 Å². The molecule has 0 spiro atoms. The van der Waals surface area contributed by atoms with Gasteiger partial charge in [0.1, 0.15) is 5.82 Å². The van der Waals surface area contributed by atoms with Crippen molar-refractivity contribution in [3.05, 3.63) is 70.5 Å². The van der Waals surface area contributed by atoms with Crippen molar-refractivity contribution in [2.24, 2.45) is 0 Å². The second-order valence-electron chi connectivity index (χ2n) is 6.09. The smallest absolute Gasteiger partial charge is 0.223 e. The molecule has 0 aliphatic heterocycles. The SMILES string of the molecule is COCCc1ccc(C(C)c2nc(N)nc(-c3cccc(Cl)c3)n2)cc1. The van der Waals surface area contributed by atoms with E-state index < -0.39 is 0 Å². The van der Waals surface area contributed by atoms with Crippen LogP contribution in [0.25, 0.3) is 11.4 Å². The number of nitrogens with zero attached hydrogens (tertiary/aromatic N) is 3. The van der Waals surface area contributed by atoms with Gasteiger partial charge in [-0.15, -0.1) is 0 Å². The molecule has 5 nitrogen and oxygen atoms in total. The van der Waals surface area contributed by atoms with E-state index in [1.807, 2.05) is 24.3 Å². The van der Waals surface area contributed by atoms with E-state index >= 15 is 0 Å². The summed E-state index contributed by atoms with van der Waals surface area (Å²) in [6, 6.07) is 15.8. The number of hydrogen-bond acceptors (Lipinski definition) is 5. The monoisotopic (exact) mass is 368 g/mol. The standard InChI is InChI=1S/C20H21ClN4O/c1-13(15-8-6-14(7-9-15)10-11-26-2)18-23-19(25-20(22)24-18)16-4-3-5-17(21)12-16/h3-9,12-13H,10-11H2,1-2H3,(H2,22,23,24,25). The Hall–Kier alpha value is -2.50. The van der Waals surface area contributed by atoms with Gasteiger partial charge in [-0.1, -0.05) is 54.9 Å². The summed E-state index contributed by atoms with van der Waals surface area (Å²) in [5.41, 5.74) is 9.09. The first-order chi connectivity index (χ1) is 12.6. The van der Waals surface area contributed by atoms with Gasteiger partial charge in [0.2, 0.25) is 5.95 Å². The van der Waals surface area contributed by atoms with E-state index in [9.17, 15) is 0 Å². The van der Waals surface area contributed by atoms with Crippen molar-refractivity contribution < 1.29 is 4.74 Å². The van der Waals surface area contributed by atoms with E-state index in [0.29, 0.717) is 23.3 Å². The van der Waals surface area contributed by atoms with Gasteiger partial charge >= 0.3 is 0 Å². The fraction of sp³-hybridized carbons (Fsp3) is 0.250. The molecule has 1 aromatic heterocycles. The molecule has 3 rings (SSSR count). The maximum atomic E-state index is 6.07. The molecule has 0 aliphatic carbocycles. The van der Waals surface area contributed by atoms with Gasteiger partial charge in [-0.25, -0.2) is 4.98 Å². The van der Waals surface area contributed by atoms with Crippen molar-refractivity contribution in [1.82, 2.24) is 15.0 Å². The second kappa shape index (κ2) is 8.25. The molecule has 0 saturated heterocycles. The summed E-state index contributed by atoms with van der Waals surface area (Å²) < 4.78 is 5.12. The number of hydrogen-bond donors (Lipinski definition) is 1. The molecular formula is C20H21ClN4O. The Balaban J connectivity index is 1.88. The minimum absolute atomic E-state index is 0.00490. The molecule has 1 unspecified atom stereocenters. The Morgan fingerprint density at radius 3 is 2.54 bits per heavy atom. The molecule has 3 aromatic rings. The van der Waals surface area contributed by atoms with Crippen molar-refractivity contribution >= 4 is 17.5 Å². The topological polar surface area (TPSA) is 73.9 Å². The number of nitrogen functional groups attached to an aromatic ring is 1. The zero-order valence-electron chi connectivity index (χ0n) is 14.8. The summed E-state index contributed by atoms with van der Waals surface area (Å²) in [7, 11) is 1.71. The van der Waals surface area contributed by atoms with Crippen LogP contribution in [0.15, 0.2) is 48.5 Å². The van der Waals surface area contributed by atoms with Gasteiger partial charge in [0.25, 0.3) is 0 Å². The van der Waals surface area contributed by atoms with Crippen molar-refractivity contribution in [3.8, 4) is 11.4 Å². The zero-order chi connectivity index (χ0) is 18.5. The summed E-state index contributed by atoms with van der Waals surface area (Å²) in [5.74, 6) is 1.36. The number of anilines is 1. The van der Waals surface area contributed by atoms with Crippen LogP contribution in [-0.4, -0.2) is 28.7 Å². The summed E-state index contributed by atoms with van der Waals surface area (Å²) in [6.45, 7) is 2.77. The number of benzene rings is 2. The summed E-state index contributed by atoms with van der Waals surface area (Å²) in [4.78, 5) is 13.2. The molecular weight excluding hydrogens is 348 g/mol. The van der Waals surface area contributed by atoms with Crippen LogP contribution in [0, 0.1) is 0 Å². The van der Waals surface area contributed by atoms with Gasteiger partial charge in [0.15, 0.2) is 5.82 Å². The molecule has 2 aromatic carbocycles. The van der Waals surface area contributed by atoms with Gasteiger partial charge in [-0.2, -0.15) is 9.97 Å². The maximum absolute atomic E-state index is 6.07. The first kappa shape index (κ1) is 18.3. The fourth-order valence-corrected chi connectivity index (χ4v) is 2.89.